The molecule has 1 unspecified atom stereocenters. The van der Waals surface area contributed by atoms with Crippen molar-refractivity contribution < 1.29 is 48.2 Å². The van der Waals surface area contributed by atoms with E-state index in [1.165, 1.54) is 0 Å². The van der Waals surface area contributed by atoms with Gasteiger partial charge in [0, 0.05) is 26.1 Å². The highest BCUT2D eigenvalue weighted by Gasteiger charge is 2.23. The van der Waals surface area contributed by atoms with Crippen LogP contribution in [0, 0.1) is 0 Å². The van der Waals surface area contributed by atoms with Gasteiger partial charge in [0.25, 0.3) is 0 Å². The highest BCUT2D eigenvalue weighted by atomic mass is 32.9. The molecule has 0 aromatic rings. The second-order valence-electron chi connectivity index (χ2n) is 6.87. The summed E-state index contributed by atoms with van der Waals surface area (Å²) in [5.74, 6) is -2.29. The van der Waals surface area contributed by atoms with Crippen molar-refractivity contribution in [1.29, 1.82) is 0 Å². The van der Waals surface area contributed by atoms with Gasteiger partial charge in [-0.3, -0.25) is 14.4 Å². The highest BCUT2D eigenvalue weighted by molar-refractivity contribution is 8.60. The minimum absolute atomic E-state index is 0.0396. The molecule has 0 aliphatic carbocycles. The molecule has 5 N–H and O–H groups in total. The van der Waals surface area contributed by atoms with Crippen LogP contribution in [-0.2, 0) is 44.7 Å². The maximum absolute atomic E-state index is 12.1. The number of rotatable bonds is 20. The van der Waals surface area contributed by atoms with Crippen LogP contribution in [0.15, 0.2) is 0 Å². The average molecular weight is 520 g/mol. The van der Waals surface area contributed by atoms with Gasteiger partial charge < -0.3 is 39.6 Å². The van der Waals surface area contributed by atoms with Crippen LogP contribution in [0.1, 0.15) is 51.4 Å². The van der Waals surface area contributed by atoms with Crippen molar-refractivity contribution in [2.45, 2.75) is 63.5 Å². The molecule has 32 heavy (non-hydrogen) atoms. The fourth-order valence-corrected chi connectivity index (χ4v) is 3.74. The van der Waals surface area contributed by atoms with Crippen molar-refractivity contribution in [3.63, 3.8) is 0 Å². The topological polar surface area (TPSA) is 175 Å². The third-order valence-corrected chi connectivity index (χ3v) is 6.24. The van der Waals surface area contributed by atoms with Crippen LogP contribution >= 0.6 is 17.9 Å². The number of hydrogen-bond acceptors (Lipinski definition) is 11. The molecule has 3 atom stereocenters. The van der Waals surface area contributed by atoms with E-state index >= 15 is 0 Å². The second kappa shape index (κ2) is 18.6. The number of carboxylic acids is 1. The van der Waals surface area contributed by atoms with Gasteiger partial charge in [0.1, 0.15) is 12.6 Å². The van der Waals surface area contributed by atoms with E-state index in [-0.39, 0.29) is 39.3 Å². The largest absolute Gasteiger partial charge is 0.480 e. The van der Waals surface area contributed by atoms with Crippen LogP contribution < -0.4 is 5.73 Å². The van der Waals surface area contributed by atoms with E-state index in [0.717, 1.165) is 0 Å². The molecule has 0 bridgehead atoms. The third kappa shape index (κ3) is 17.7. The number of aliphatic carboxylic acids is 1. The number of carboxylic acid groups (broad SMARTS) is 1. The number of esters is 2. The quantitative estimate of drug-likeness (QED) is 0.0672. The van der Waals surface area contributed by atoms with Gasteiger partial charge >= 0.3 is 17.9 Å². The van der Waals surface area contributed by atoms with Crippen LogP contribution in [0.25, 0.3) is 0 Å². The van der Waals surface area contributed by atoms with Gasteiger partial charge in [-0.2, -0.15) is 0 Å². The van der Waals surface area contributed by atoms with Crippen LogP contribution in [0.4, 0.5) is 0 Å². The lowest BCUT2D eigenvalue weighted by atomic mass is 10.2. The molecule has 0 fully saturated rings. The molecule has 0 saturated carbocycles. The Bertz CT molecular complexity index is 610. The summed E-state index contributed by atoms with van der Waals surface area (Å²) in [6, 6.07) is -1.30. The Labute approximate surface area is 198 Å². The molecule has 0 spiro atoms. The number of aliphatic hydroxyl groups is 2. The molecular weight excluding hydrogens is 485 g/mol. The third-order valence-electron chi connectivity index (χ3n) is 3.96. The predicted octanol–water partition coefficient (Wildman–Crippen LogP) is 1.15. The smallest absolute Gasteiger partial charge is 0.322 e. The lowest BCUT2D eigenvalue weighted by Crippen LogP contribution is -2.34. The molecule has 0 aromatic carbocycles. The first-order valence-electron chi connectivity index (χ1n) is 10.3. The molecule has 0 aliphatic rings. The van der Waals surface area contributed by atoms with Gasteiger partial charge in [-0.05, 0) is 37.5 Å². The minimum Gasteiger partial charge on any atom is -0.480 e. The van der Waals surface area contributed by atoms with Crippen LogP contribution in [0.3, 0.4) is 0 Å². The summed E-state index contributed by atoms with van der Waals surface area (Å²) >= 11 is 9.18. The van der Waals surface area contributed by atoms with Gasteiger partial charge in [-0.25, -0.2) is 0 Å². The number of carbonyl (C=O) groups excluding carboxylic acids is 2. The summed E-state index contributed by atoms with van der Waals surface area (Å²) in [5, 5.41) is 26.3. The van der Waals surface area contributed by atoms with Crippen molar-refractivity contribution in [3.05, 3.63) is 0 Å². The molecule has 11 nitrogen and oxygen atoms in total. The zero-order valence-electron chi connectivity index (χ0n) is 17.9. The first-order chi connectivity index (χ1) is 15.1. The zero-order valence-corrected chi connectivity index (χ0v) is 20.5. The van der Waals surface area contributed by atoms with Gasteiger partial charge in [0.2, 0.25) is 5.69 Å². The number of ether oxygens (including phenoxy) is 2. The van der Waals surface area contributed by atoms with E-state index in [1.54, 1.807) is 0 Å². The predicted molar refractivity (Wildman–Crippen MR) is 123 cm³/mol. The number of carbonyl (C=O) groups is 3. The summed E-state index contributed by atoms with van der Waals surface area (Å²) in [4.78, 5) is 34.7. The number of hydrogen-bond donors (Lipinski definition) is 5. The Morgan fingerprint density at radius 3 is 1.94 bits per heavy atom. The lowest BCUT2D eigenvalue weighted by Gasteiger charge is -2.22. The lowest BCUT2D eigenvalue weighted by molar-refractivity contribution is -0.161. The fourth-order valence-electron chi connectivity index (χ4n) is 2.20. The van der Waals surface area contributed by atoms with E-state index in [1.807, 2.05) is 0 Å². The Hall–Kier alpha value is -0.790. The van der Waals surface area contributed by atoms with Crippen LogP contribution in [0.2, 0.25) is 0 Å². The summed E-state index contributed by atoms with van der Waals surface area (Å²) in [5.41, 5.74) is 2.17. The standard InChI is InChI=1S/C18H34NO10PS2/c19-15(18(24)25)13-28-30(31,32)27-12-14(29-17(23)8-4-2-6-10-21)11-26-16(22)7-3-1-5-9-20/h14-15,20-21H,1-13,19H2,(H,24,25)(H,31,32)/t14-,15+/m1/s1. The molecule has 0 aromatic heterocycles. The fraction of sp³-hybridized carbons (Fsp3) is 0.833. The maximum Gasteiger partial charge on any atom is 0.322 e. The molecule has 0 amide bonds. The highest BCUT2D eigenvalue weighted by Crippen LogP contribution is 2.53. The number of nitrogens with two attached hydrogens (primary N) is 1. The van der Waals surface area contributed by atoms with Gasteiger partial charge in [0.15, 0.2) is 6.10 Å². The molecule has 188 valence electrons. The van der Waals surface area contributed by atoms with Gasteiger partial charge in [-0.1, -0.05) is 25.1 Å². The van der Waals surface area contributed by atoms with E-state index < -0.39 is 42.4 Å². The van der Waals surface area contributed by atoms with E-state index in [4.69, 9.17) is 51.4 Å². The molecule has 0 aliphatic heterocycles. The summed E-state index contributed by atoms with van der Waals surface area (Å²) in [6.45, 7) is -0.855. The molecule has 0 saturated heterocycles. The first kappa shape index (κ1) is 31.2. The van der Waals surface area contributed by atoms with E-state index in [2.05, 4.69) is 12.2 Å². The number of aliphatic hydroxyl groups excluding tert-OH is 2. The van der Waals surface area contributed by atoms with Crippen molar-refractivity contribution in [3.8, 4) is 0 Å². The summed E-state index contributed by atoms with van der Waals surface area (Å²) in [6.07, 6.45) is 2.89. The number of thiol groups is 1. The van der Waals surface area contributed by atoms with Crippen molar-refractivity contribution in [2.75, 3.05) is 33.0 Å². The Morgan fingerprint density at radius 1 is 0.875 bits per heavy atom. The van der Waals surface area contributed by atoms with E-state index in [0.29, 0.717) is 38.5 Å². The minimum atomic E-state index is -3.19. The van der Waals surface area contributed by atoms with Crippen LogP contribution in [0.5, 0.6) is 0 Å². The van der Waals surface area contributed by atoms with Gasteiger partial charge in [0.05, 0.1) is 13.2 Å². The summed E-state index contributed by atoms with van der Waals surface area (Å²) < 4.78 is 21.0. The zero-order chi connectivity index (χ0) is 24.4. The van der Waals surface area contributed by atoms with Crippen molar-refractivity contribution in [2.24, 2.45) is 5.73 Å². The van der Waals surface area contributed by atoms with Crippen LogP contribution in [-0.4, -0.2) is 78.4 Å². The SMILES string of the molecule is N[C@@H](COP(=S)(S)OC[C@@H](COC(=O)CCCCCO)OC(=O)CCCCCO)C(=O)O. The maximum atomic E-state index is 12.1. The Balaban J connectivity index is 4.68. The van der Waals surface area contributed by atoms with Crippen molar-refractivity contribution in [1.82, 2.24) is 0 Å². The molecule has 0 radical (unpaired) electrons. The second-order valence-corrected chi connectivity index (χ2v) is 12.2. The van der Waals surface area contributed by atoms with Crippen molar-refractivity contribution >= 4 is 47.7 Å². The average Bonchev–Trinajstić information content (AvgIpc) is 2.74. The van der Waals surface area contributed by atoms with E-state index in [9.17, 15) is 14.4 Å². The molecule has 0 rings (SSSR count). The summed E-state index contributed by atoms with van der Waals surface area (Å²) in [7, 11) is 0. The Kier molecular flexibility index (Phi) is 18.2. The van der Waals surface area contributed by atoms with Gasteiger partial charge in [-0.15, -0.1) is 0 Å². The number of unbranched alkanes of at least 4 members (excludes halogenated alkanes) is 4. The molecule has 0 heterocycles. The molecular formula is C18H34NO10PS2. The normalized spacial score (nSPS) is 14.9. The monoisotopic (exact) mass is 519 g/mol. The Morgan fingerprint density at radius 2 is 1.41 bits per heavy atom. The molecule has 14 heteroatoms. The first-order valence-corrected chi connectivity index (χ1v) is 14.1.